The minimum Gasteiger partial charge on any atom is -0.481 e. The van der Waals surface area contributed by atoms with Crippen LogP contribution in [0.25, 0.3) is 0 Å². The number of carboxylic acids is 1. The predicted molar refractivity (Wildman–Crippen MR) is 55.6 cm³/mol. The van der Waals surface area contributed by atoms with Crippen molar-refractivity contribution >= 4 is 5.97 Å². The molecule has 0 aromatic heterocycles. The fourth-order valence-corrected chi connectivity index (χ4v) is 2.48. The topological polar surface area (TPSA) is 60.8 Å². The lowest BCUT2D eigenvalue weighted by Crippen LogP contribution is -2.45. The summed E-state index contributed by atoms with van der Waals surface area (Å²) >= 11 is 0. The van der Waals surface area contributed by atoms with Gasteiger partial charge in [0, 0.05) is 13.0 Å². The van der Waals surface area contributed by atoms with Gasteiger partial charge in [0.25, 0.3) is 0 Å². The highest BCUT2D eigenvalue weighted by atomic mass is 16.4. The van der Waals surface area contributed by atoms with Crippen LogP contribution in [-0.2, 0) is 4.79 Å². The van der Waals surface area contributed by atoms with Crippen molar-refractivity contribution in [1.82, 2.24) is 4.90 Å². The minimum absolute atomic E-state index is 0.184. The highest BCUT2D eigenvalue weighted by molar-refractivity contribution is 5.66. The van der Waals surface area contributed by atoms with Gasteiger partial charge in [-0.2, -0.15) is 0 Å². The molecule has 0 amide bonds. The van der Waals surface area contributed by atoms with E-state index in [2.05, 4.69) is 4.90 Å². The average molecular weight is 213 g/mol. The Morgan fingerprint density at radius 2 is 2.13 bits per heavy atom. The van der Waals surface area contributed by atoms with E-state index in [-0.39, 0.29) is 17.9 Å². The molecule has 1 aliphatic heterocycles. The van der Waals surface area contributed by atoms with E-state index in [4.69, 9.17) is 5.11 Å². The van der Waals surface area contributed by atoms with E-state index >= 15 is 0 Å². The van der Waals surface area contributed by atoms with Crippen LogP contribution in [-0.4, -0.2) is 46.8 Å². The van der Waals surface area contributed by atoms with Crippen LogP contribution >= 0.6 is 0 Å². The van der Waals surface area contributed by atoms with Crippen LogP contribution in [0.1, 0.15) is 32.1 Å². The van der Waals surface area contributed by atoms with Crippen molar-refractivity contribution in [2.24, 2.45) is 5.41 Å². The molecule has 0 aromatic rings. The third-order valence-electron chi connectivity index (χ3n) is 3.82. The van der Waals surface area contributed by atoms with Gasteiger partial charge in [-0.1, -0.05) is 0 Å². The van der Waals surface area contributed by atoms with E-state index < -0.39 is 5.97 Å². The number of piperidine rings is 1. The molecule has 1 atom stereocenters. The first-order valence-corrected chi connectivity index (χ1v) is 5.75. The van der Waals surface area contributed by atoms with Crippen LogP contribution in [0.5, 0.6) is 0 Å². The van der Waals surface area contributed by atoms with Gasteiger partial charge in [-0.05, 0) is 44.2 Å². The lowest BCUT2D eigenvalue weighted by Gasteiger charge is -2.36. The van der Waals surface area contributed by atoms with Crippen LogP contribution in [0, 0.1) is 5.41 Å². The van der Waals surface area contributed by atoms with Crippen molar-refractivity contribution in [2.75, 3.05) is 19.6 Å². The molecule has 4 heteroatoms. The lowest BCUT2D eigenvalue weighted by atomic mass is 9.90. The highest BCUT2D eigenvalue weighted by Gasteiger charge is 2.50. The Bertz CT molecular complexity index is 250. The van der Waals surface area contributed by atoms with Gasteiger partial charge in [-0.15, -0.1) is 0 Å². The summed E-state index contributed by atoms with van der Waals surface area (Å²) in [6.07, 6.45) is 4.18. The number of nitrogens with zero attached hydrogens (tertiary/aromatic N) is 1. The molecule has 0 unspecified atom stereocenters. The zero-order chi connectivity index (χ0) is 10.9. The second-order valence-corrected chi connectivity index (χ2v) is 4.93. The number of carbonyl (C=O) groups is 1. The Balaban J connectivity index is 1.69. The molecule has 1 saturated heterocycles. The van der Waals surface area contributed by atoms with Gasteiger partial charge in [0.05, 0.1) is 6.10 Å². The Hall–Kier alpha value is -0.610. The molecule has 86 valence electrons. The molecule has 2 aliphatic rings. The van der Waals surface area contributed by atoms with E-state index in [0.29, 0.717) is 6.42 Å². The van der Waals surface area contributed by atoms with E-state index in [1.807, 2.05) is 0 Å². The molecule has 2 rings (SSSR count). The summed E-state index contributed by atoms with van der Waals surface area (Å²) in [7, 11) is 0. The number of aliphatic hydroxyl groups is 1. The minimum atomic E-state index is -0.730. The maximum Gasteiger partial charge on any atom is 0.303 e. The fourth-order valence-electron chi connectivity index (χ4n) is 2.48. The lowest BCUT2D eigenvalue weighted by molar-refractivity contribution is -0.137. The van der Waals surface area contributed by atoms with Gasteiger partial charge < -0.3 is 15.1 Å². The third kappa shape index (κ3) is 2.49. The number of aliphatic hydroxyl groups excluding tert-OH is 1. The standard InChI is InChI=1S/C11H19NO3/c13-9-8-12(6-1-2-10(14)15)7-5-11(9)3-4-11/h9,13H,1-8H2,(H,14,15)/t9-/m1/s1. The van der Waals surface area contributed by atoms with Gasteiger partial charge in [-0.3, -0.25) is 4.79 Å². The van der Waals surface area contributed by atoms with Gasteiger partial charge in [-0.25, -0.2) is 0 Å². The molecule has 2 fully saturated rings. The molecule has 1 aliphatic carbocycles. The molecule has 1 saturated carbocycles. The maximum atomic E-state index is 10.4. The summed E-state index contributed by atoms with van der Waals surface area (Å²) in [4.78, 5) is 12.5. The maximum absolute atomic E-state index is 10.4. The SMILES string of the molecule is O=C(O)CCCN1CCC2(CC2)[C@H](O)C1. The number of hydrogen-bond donors (Lipinski definition) is 2. The highest BCUT2D eigenvalue weighted by Crippen LogP contribution is 2.53. The van der Waals surface area contributed by atoms with Crippen molar-refractivity contribution in [3.63, 3.8) is 0 Å². The number of rotatable bonds is 4. The quantitative estimate of drug-likeness (QED) is 0.721. The summed E-state index contributed by atoms with van der Waals surface area (Å²) < 4.78 is 0. The number of carboxylic acid groups (broad SMARTS) is 1. The van der Waals surface area contributed by atoms with Crippen molar-refractivity contribution in [1.29, 1.82) is 0 Å². The van der Waals surface area contributed by atoms with Gasteiger partial charge in [0.15, 0.2) is 0 Å². The molecular formula is C11H19NO3. The van der Waals surface area contributed by atoms with Crippen LogP contribution < -0.4 is 0 Å². The molecule has 0 bridgehead atoms. The first-order chi connectivity index (χ1) is 7.12. The Labute approximate surface area is 89.9 Å². The zero-order valence-electron chi connectivity index (χ0n) is 8.98. The van der Waals surface area contributed by atoms with E-state index in [9.17, 15) is 9.90 Å². The van der Waals surface area contributed by atoms with E-state index in [0.717, 1.165) is 26.1 Å². The predicted octanol–water partition coefficient (Wildman–Crippen LogP) is 0.698. The number of hydrogen-bond acceptors (Lipinski definition) is 3. The summed E-state index contributed by atoms with van der Waals surface area (Å²) in [5, 5.41) is 18.4. The molecule has 1 spiro atoms. The van der Waals surface area contributed by atoms with Gasteiger partial charge in [0.2, 0.25) is 0 Å². The largest absolute Gasteiger partial charge is 0.481 e. The van der Waals surface area contributed by atoms with E-state index in [1.54, 1.807) is 0 Å². The van der Waals surface area contributed by atoms with Crippen LogP contribution in [0.2, 0.25) is 0 Å². The average Bonchev–Trinajstić information content (AvgIpc) is 2.92. The van der Waals surface area contributed by atoms with Gasteiger partial charge in [0.1, 0.15) is 0 Å². The van der Waals surface area contributed by atoms with Crippen molar-refractivity contribution in [2.45, 2.75) is 38.2 Å². The molecule has 2 N–H and O–H groups in total. The number of aliphatic carboxylic acids is 1. The summed E-state index contributed by atoms with van der Waals surface area (Å²) in [5.74, 6) is -0.730. The Morgan fingerprint density at radius 3 is 2.67 bits per heavy atom. The molecule has 0 aromatic carbocycles. The smallest absolute Gasteiger partial charge is 0.303 e. The Kier molecular flexibility index (Phi) is 2.98. The monoisotopic (exact) mass is 213 g/mol. The number of β-amino-alcohol motifs (C(OH)–C–C–N with tert-alkyl or cyclic N) is 1. The van der Waals surface area contributed by atoms with Crippen molar-refractivity contribution in [3.05, 3.63) is 0 Å². The first-order valence-electron chi connectivity index (χ1n) is 5.75. The summed E-state index contributed by atoms with van der Waals surface area (Å²) in [6.45, 7) is 2.57. The molecule has 0 radical (unpaired) electrons. The molecule has 1 heterocycles. The second-order valence-electron chi connectivity index (χ2n) is 4.93. The van der Waals surface area contributed by atoms with Crippen LogP contribution in [0.4, 0.5) is 0 Å². The van der Waals surface area contributed by atoms with E-state index in [1.165, 1.54) is 12.8 Å². The zero-order valence-corrected chi connectivity index (χ0v) is 8.98. The van der Waals surface area contributed by atoms with Crippen LogP contribution in [0.3, 0.4) is 0 Å². The molecule has 15 heavy (non-hydrogen) atoms. The Morgan fingerprint density at radius 1 is 1.40 bits per heavy atom. The summed E-state index contributed by atoms with van der Waals surface area (Å²) in [5.41, 5.74) is 0.253. The second kappa shape index (κ2) is 4.10. The van der Waals surface area contributed by atoms with Crippen LogP contribution in [0.15, 0.2) is 0 Å². The first kappa shape index (κ1) is 10.9. The summed E-state index contributed by atoms with van der Waals surface area (Å²) in [6, 6.07) is 0. The van der Waals surface area contributed by atoms with Crippen molar-refractivity contribution < 1.29 is 15.0 Å². The van der Waals surface area contributed by atoms with Crippen molar-refractivity contribution in [3.8, 4) is 0 Å². The number of likely N-dealkylation sites (tertiary alicyclic amines) is 1. The molecule has 4 nitrogen and oxygen atoms in total. The normalized spacial score (nSPS) is 29.3. The van der Waals surface area contributed by atoms with Gasteiger partial charge >= 0.3 is 5.97 Å². The molecular weight excluding hydrogens is 194 g/mol. The third-order valence-corrected chi connectivity index (χ3v) is 3.82. The fraction of sp³-hybridized carbons (Fsp3) is 0.909.